The van der Waals surface area contributed by atoms with Gasteiger partial charge in [-0.05, 0) is 51.0 Å². The molecule has 1 aromatic rings. The van der Waals surface area contributed by atoms with E-state index < -0.39 is 11.8 Å². The summed E-state index contributed by atoms with van der Waals surface area (Å²) in [4.78, 5) is 40.4. The Bertz CT molecular complexity index is 736. The van der Waals surface area contributed by atoms with Gasteiger partial charge in [-0.15, -0.1) is 0 Å². The van der Waals surface area contributed by atoms with Crippen LogP contribution >= 0.6 is 0 Å². The molecule has 0 saturated carbocycles. The maximum absolute atomic E-state index is 13.0. The lowest BCUT2D eigenvalue weighted by Crippen LogP contribution is -2.49. The average molecular weight is 406 g/mol. The Hall–Kier alpha value is -2.48. The van der Waals surface area contributed by atoms with Crippen LogP contribution in [-0.2, 0) is 19.1 Å². The molecule has 0 bridgehead atoms. The van der Waals surface area contributed by atoms with Gasteiger partial charge in [0, 0.05) is 31.7 Å². The van der Waals surface area contributed by atoms with Crippen molar-refractivity contribution in [3.8, 4) is 0 Å². The minimum atomic E-state index is -0.401. The summed E-state index contributed by atoms with van der Waals surface area (Å²) in [6.07, 6.45) is 0.875. The molecular formula is C21H27FN2O5. The number of amides is 2. The molecule has 2 fully saturated rings. The first-order valence-corrected chi connectivity index (χ1v) is 9.98. The van der Waals surface area contributed by atoms with Gasteiger partial charge in [-0.2, -0.15) is 0 Å². The maximum atomic E-state index is 13.0. The van der Waals surface area contributed by atoms with Gasteiger partial charge in [0.15, 0.2) is 6.61 Å². The zero-order chi connectivity index (χ0) is 21.0. The molecule has 29 heavy (non-hydrogen) atoms. The number of likely N-dealkylation sites (tertiary alicyclic amines) is 1. The zero-order valence-corrected chi connectivity index (χ0v) is 16.8. The average Bonchev–Trinajstić information content (AvgIpc) is 2.71. The lowest BCUT2D eigenvalue weighted by molar-refractivity contribution is -0.160. The number of esters is 1. The number of halogens is 1. The zero-order valence-electron chi connectivity index (χ0n) is 16.8. The number of carbonyl (C=O) groups is 3. The summed E-state index contributed by atoms with van der Waals surface area (Å²) < 4.78 is 23.9. The summed E-state index contributed by atoms with van der Waals surface area (Å²) in [6.45, 7) is 5.36. The minimum Gasteiger partial charge on any atom is -0.455 e. The van der Waals surface area contributed by atoms with E-state index in [-0.39, 0.29) is 36.5 Å². The smallest absolute Gasteiger partial charge is 0.309 e. The highest BCUT2D eigenvalue weighted by Crippen LogP contribution is 2.21. The standard InChI is InChI=1S/C21H27FN2O5/c1-14-11-24(12-15(2)29-14)19(25)13-28-21(27)17-7-9-23(10-8-17)20(26)16-3-5-18(22)6-4-16/h3-6,14-15,17H,7-13H2,1-2H3/t14-,15+. The first kappa shape index (κ1) is 21.2. The van der Waals surface area contributed by atoms with Gasteiger partial charge in [-0.3, -0.25) is 14.4 Å². The van der Waals surface area contributed by atoms with Crippen molar-refractivity contribution < 1.29 is 28.2 Å². The monoisotopic (exact) mass is 406 g/mol. The van der Waals surface area contributed by atoms with E-state index in [0.717, 1.165) is 0 Å². The second-order valence-corrected chi connectivity index (χ2v) is 7.74. The molecule has 0 aliphatic carbocycles. The van der Waals surface area contributed by atoms with Crippen molar-refractivity contribution in [2.45, 2.75) is 38.9 Å². The number of carbonyl (C=O) groups excluding carboxylic acids is 3. The molecule has 0 N–H and O–H groups in total. The van der Waals surface area contributed by atoms with Gasteiger partial charge in [0.1, 0.15) is 5.82 Å². The highest BCUT2D eigenvalue weighted by atomic mass is 19.1. The highest BCUT2D eigenvalue weighted by molar-refractivity contribution is 5.94. The summed E-state index contributed by atoms with van der Waals surface area (Å²) in [5.41, 5.74) is 0.423. The first-order chi connectivity index (χ1) is 13.8. The quantitative estimate of drug-likeness (QED) is 0.714. The van der Waals surface area contributed by atoms with E-state index in [9.17, 15) is 18.8 Å². The second kappa shape index (κ2) is 9.35. The molecule has 0 radical (unpaired) electrons. The van der Waals surface area contributed by atoms with Gasteiger partial charge in [0.25, 0.3) is 11.8 Å². The Kier molecular flexibility index (Phi) is 6.84. The number of ether oxygens (including phenoxy) is 2. The van der Waals surface area contributed by atoms with E-state index in [1.54, 1.807) is 9.80 Å². The number of nitrogens with zero attached hydrogens (tertiary/aromatic N) is 2. The number of piperidine rings is 1. The Morgan fingerprint density at radius 1 is 1.03 bits per heavy atom. The Morgan fingerprint density at radius 3 is 2.21 bits per heavy atom. The Labute approximate surface area is 169 Å². The van der Waals surface area contributed by atoms with Gasteiger partial charge in [0.2, 0.25) is 0 Å². The molecular weight excluding hydrogens is 379 g/mol. The number of hydrogen-bond donors (Lipinski definition) is 0. The van der Waals surface area contributed by atoms with Crippen LogP contribution in [-0.4, -0.2) is 72.6 Å². The summed E-state index contributed by atoms with van der Waals surface area (Å²) in [5.74, 6) is -1.52. The predicted molar refractivity (Wildman–Crippen MR) is 103 cm³/mol. The fourth-order valence-electron chi connectivity index (χ4n) is 3.82. The number of benzene rings is 1. The van der Waals surface area contributed by atoms with Crippen LogP contribution in [0.1, 0.15) is 37.0 Å². The van der Waals surface area contributed by atoms with Crippen LogP contribution in [0, 0.1) is 11.7 Å². The highest BCUT2D eigenvalue weighted by Gasteiger charge is 2.31. The van der Waals surface area contributed by atoms with Crippen molar-refractivity contribution in [3.05, 3.63) is 35.6 Å². The third-order valence-corrected chi connectivity index (χ3v) is 5.32. The molecule has 0 aromatic heterocycles. The summed E-state index contributed by atoms with van der Waals surface area (Å²) in [6, 6.07) is 5.42. The Morgan fingerprint density at radius 2 is 1.62 bits per heavy atom. The van der Waals surface area contributed by atoms with E-state index >= 15 is 0 Å². The van der Waals surface area contributed by atoms with E-state index in [1.165, 1.54) is 24.3 Å². The third-order valence-electron chi connectivity index (χ3n) is 5.32. The molecule has 158 valence electrons. The molecule has 8 heteroatoms. The van der Waals surface area contributed by atoms with Crippen molar-refractivity contribution in [1.82, 2.24) is 9.80 Å². The number of morpholine rings is 1. The molecule has 1 aromatic carbocycles. The van der Waals surface area contributed by atoms with E-state index in [4.69, 9.17) is 9.47 Å². The molecule has 0 unspecified atom stereocenters. The molecule has 2 aliphatic rings. The fraction of sp³-hybridized carbons (Fsp3) is 0.571. The van der Waals surface area contributed by atoms with Gasteiger partial charge in [-0.1, -0.05) is 0 Å². The second-order valence-electron chi connectivity index (χ2n) is 7.74. The van der Waals surface area contributed by atoms with Crippen molar-refractivity contribution in [3.63, 3.8) is 0 Å². The van der Waals surface area contributed by atoms with Gasteiger partial charge >= 0.3 is 5.97 Å². The first-order valence-electron chi connectivity index (χ1n) is 9.98. The van der Waals surface area contributed by atoms with Crippen LogP contribution in [0.15, 0.2) is 24.3 Å². The van der Waals surface area contributed by atoms with Crippen LogP contribution < -0.4 is 0 Å². The van der Waals surface area contributed by atoms with Crippen LogP contribution in [0.5, 0.6) is 0 Å². The van der Waals surface area contributed by atoms with Crippen LogP contribution in [0.25, 0.3) is 0 Å². The molecule has 0 spiro atoms. The lowest BCUT2D eigenvalue weighted by Gasteiger charge is -2.35. The number of rotatable bonds is 4. The predicted octanol–water partition coefficient (Wildman–Crippen LogP) is 1.86. The lowest BCUT2D eigenvalue weighted by atomic mass is 9.96. The SMILES string of the molecule is C[C@@H]1CN(C(=O)COC(=O)C2CCN(C(=O)c3ccc(F)cc3)CC2)C[C@H](C)O1. The molecule has 3 rings (SSSR count). The van der Waals surface area contributed by atoms with Crippen molar-refractivity contribution >= 4 is 17.8 Å². The van der Waals surface area contributed by atoms with Crippen molar-refractivity contribution in [2.75, 3.05) is 32.8 Å². The van der Waals surface area contributed by atoms with Crippen LogP contribution in [0.2, 0.25) is 0 Å². The third kappa shape index (κ3) is 5.53. The molecule has 2 heterocycles. The topological polar surface area (TPSA) is 76.2 Å². The summed E-state index contributed by atoms with van der Waals surface area (Å²) in [5, 5.41) is 0. The normalized spacial score (nSPS) is 23.0. The number of hydrogen-bond acceptors (Lipinski definition) is 5. The Balaban J connectivity index is 1.43. The molecule has 2 atom stereocenters. The largest absolute Gasteiger partial charge is 0.455 e. The molecule has 2 aliphatic heterocycles. The van der Waals surface area contributed by atoms with Gasteiger partial charge in [0.05, 0.1) is 18.1 Å². The van der Waals surface area contributed by atoms with Crippen LogP contribution in [0.4, 0.5) is 4.39 Å². The van der Waals surface area contributed by atoms with E-state index in [1.807, 2.05) is 13.8 Å². The fourth-order valence-corrected chi connectivity index (χ4v) is 3.82. The van der Waals surface area contributed by atoms with E-state index in [2.05, 4.69) is 0 Å². The maximum Gasteiger partial charge on any atom is 0.309 e. The van der Waals surface area contributed by atoms with E-state index in [0.29, 0.717) is 44.6 Å². The molecule has 7 nitrogen and oxygen atoms in total. The van der Waals surface area contributed by atoms with Gasteiger partial charge in [-0.25, -0.2) is 4.39 Å². The van der Waals surface area contributed by atoms with Crippen molar-refractivity contribution in [2.24, 2.45) is 5.92 Å². The molecule has 2 amide bonds. The molecule has 2 saturated heterocycles. The summed E-state index contributed by atoms with van der Waals surface area (Å²) in [7, 11) is 0. The minimum absolute atomic E-state index is 0.0404. The van der Waals surface area contributed by atoms with Crippen LogP contribution in [0.3, 0.4) is 0 Å². The van der Waals surface area contributed by atoms with Gasteiger partial charge < -0.3 is 19.3 Å². The summed E-state index contributed by atoms with van der Waals surface area (Å²) >= 11 is 0. The van der Waals surface area contributed by atoms with Crippen molar-refractivity contribution in [1.29, 1.82) is 0 Å².